The number of aldehydes is 1. The molecule has 0 bridgehead atoms. The van der Waals surface area contributed by atoms with Gasteiger partial charge in [-0.1, -0.05) is 40.5 Å². The first-order valence-corrected chi connectivity index (χ1v) is 10.7. The molecule has 0 N–H and O–H groups in total. The molecule has 0 unspecified atom stereocenters. The zero-order valence-corrected chi connectivity index (χ0v) is 16.9. The summed E-state index contributed by atoms with van der Waals surface area (Å²) in [6.07, 6.45) is 15.7. The number of allylic oxidation sites excluding steroid dienone is 2. The highest BCUT2D eigenvalue weighted by molar-refractivity contribution is 5.86. The normalized spacial score (nSPS) is 42.5. The molecule has 0 spiro atoms. The van der Waals surface area contributed by atoms with E-state index in [1.54, 1.807) is 0 Å². The third kappa shape index (κ3) is 2.31. The minimum absolute atomic E-state index is 0.117. The van der Waals surface area contributed by atoms with Gasteiger partial charge in [-0.2, -0.15) is 0 Å². The highest BCUT2D eigenvalue weighted by Gasteiger charge is 2.58. The van der Waals surface area contributed by atoms with Crippen LogP contribution in [0.25, 0.3) is 5.70 Å². The number of rotatable bonds is 4. The van der Waals surface area contributed by atoms with Gasteiger partial charge >= 0.3 is 0 Å². The molecule has 1 aromatic rings. The maximum atomic E-state index is 11.9. The van der Waals surface area contributed by atoms with Gasteiger partial charge in [-0.05, 0) is 61.2 Å². The molecule has 26 heavy (non-hydrogen) atoms. The van der Waals surface area contributed by atoms with Crippen LogP contribution in [0.5, 0.6) is 0 Å². The van der Waals surface area contributed by atoms with Crippen molar-refractivity contribution in [2.75, 3.05) is 0 Å². The predicted octanol–water partition coefficient (Wildman–Crippen LogP) is 5.58. The number of hydrogen-bond donors (Lipinski definition) is 0. The first-order chi connectivity index (χ1) is 12.5. The molecule has 1 aromatic heterocycles. The lowest BCUT2D eigenvalue weighted by molar-refractivity contribution is -0.105. The summed E-state index contributed by atoms with van der Waals surface area (Å²) in [5.41, 5.74) is 2.85. The van der Waals surface area contributed by atoms with Crippen LogP contribution in [0.1, 0.15) is 72.6 Å². The van der Waals surface area contributed by atoms with Crippen LogP contribution < -0.4 is 0 Å². The minimum Gasteiger partial charge on any atom is -0.309 e. The van der Waals surface area contributed by atoms with Crippen molar-refractivity contribution in [3.8, 4) is 0 Å². The van der Waals surface area contributed by atoms with Crippen molar-refractivity contribution >= 4 is 12.0 Å². The average molecular weight is 355 g/mol. The summed E-state index contributed by atoms with van der Waals surface area (Å²) in [6.45, 7) is 9.78. The summed E-state index contributed by atoms with van der Waals surface area (Å²) in [5.74, 6) is 3.06. The van der Waals surface area contributed by atoms with Crippen LogP contribution in [0, 0.1) is 34.5 Å². The van der Waals surface area contributed by atoms with Crippen molar-refractivity contribution in [2.45, 2.75) is 72.6 Å². The Morgan fingerprint density at radius 1 is 1.23 bits per heavy atom. The van der Waals surface area contributed by atoms with Crippen LogP contribution in [0.2, 0.25) is 0 Å². The third-order valence-corrected chi connectivity index (χ3v) is 8.90. The summed E-state index contributed by atoms with van der Waals surface area (Å²) in [5, 5.41) is 0. The smallest absolute Gasteiger partial charge is 0.147 e. The van der Waals surface area contributed by atoms with Crippen LogP contribution in [0.3, 0.4) is 0 Å². The molecule has 2 saturated carbocycles. The minimum atomic E-state index is 0.117. The van der Waals surface area contributed by atoms with Gasteiger partial charge in [0.2, 0.25) is 0 Å². The van der Waals surface area contributed by atoms with E-state index < -0.39 is 0 Å². The van der Waals surface area contributed by atoms with E-state index in [1.165, 1.54) is 44.2 Å². The Kier molecular flexibility index (Phi) is 4.40. The molecule has 0 radical (unpaired) electrons. The molecule has 4 rings (SSSR count). The second kappa shape index (κ2) is 6.35. The molecule has 3 nitrogen and oxygen atoms in total. The van der Waals surface area contributed by atoms with Gasteiger partial charge in [0, 0.05) is 29.1 Å². The van der Waals surface area contributed by atoms with Gasteiger partial charge in [-0.25, -0.2) is 4.98 Å². The number of fused-ring (bicyclic) bond motifs is 3. The largest absolute Gasteiger partial charge is 0.309 e. The van der Waals surface area contributed by atoms with E-state index in [1.807, 2.05) is 18.7 Å². The zero-order chi connectivity index (χ0) is 18.5. The maximum Gasteiger partial charge on any atom is 0.147 e. The van der Waals surface area contributed by atoms with Gasteiger partial charge in [0.15, 0.2) is 0 Å². The first-order valence-electron chi connectivity index (χ1n) is 10.7. The second-order valence-electron chi connectivity index (χ2n) is 9.54. The van der Waals surface area contributed by atoms with Crippen LogP contribution in [0.15, 0.2) is 24.3 Å². The molecular formula is C23H34N2O. The van der Waals surface area contributed by atoms with Crippen molar-refractivity contribution in [3.63, 3.8) is 0 Å². The van der Waals surface area contributed by atoms with Gasteiger partial charge in [-0.3, -0.25) is 4.79 Å². The molecule has 3 heteroatoms. The highest BCUT2D eigenvalue weighted by atomic mass is 16.1. The van der Waals surface area contributed by atoms with E-state index in [-0.39, 0.29) is 5.41 Å². The number of nitrogens with zero attached hydrogens (tertiary/aromatic N) is 2. The Hall–Kier alpha value is -1.38. The van der Waals surface area contributed by atoms with Crippen molar-refractivity contribution in [3.05, 3.63) is 24.3 Å². The molecule has 142 valence electrons. The van der Waals surface area contributed by atoms with E-state index in [4.69, 9.17) is 0 Å². The predicted molar refractivity (Wildman–Crippen MR) is 105 cm³/mol. The average Bonchev–Trinajstić information content (AvgIpc) is 3.26. The number of carbonyl (C=O) groups excluding carboxylic acids is 1. The van der Waals surface area contributed by atoms with Crippen LogP contribution in [0.4, 0.5) is 0 Å². The molecule has 0 aliphatic heterocycles. The SMILES string of the molecule is CC[C@@H]1CC[C@@H]2[C@H](CC[C@]3(C)C(n4ccnc4)=C(C=O)C[C@@H]23)[C@@]1(C)CC. The van der Waals surface area contributed by atoms with Crippen molar-refractivity contribution in [1.82, 2.24) is 9.55 Å². The molecule has 2 fully saturated rings. The third-order valence-electron chi connectivity index (χ3n) is 8.90. The molecule has 3 aliphatic carbocycles. The molecule has 6 atom stereocenters. The maximum absolute atomic E-state index is 11.9. The van der Waals surface area contributed by atoms with Crippen molar-refractivity contribution in [1.29, 1.82) is 0 Å². The number of imidazole rings is 1. The molecule has 1 heterocycles. The summed E-state index contributed by atoms with van der Waals surface area (Å²) in [7, 11) is 0. The van der Waals surface area contributed by atoms with Crippen LogP contribution in [-0.2, 0) is 4.79 Å². The monoisotopic (exact) mass is 354 g/mol. The van der Waals surface area contributed by atoms with E-state index in [0.29, 0.717) is 11.3 Å². The summed E-state index contributed by atoms with van der Waals surface area (Å²) < 4.78 is 2.13. The highest BCUT2D eigenvalue weighted by Crippen LogP contribution is 2.66. The quantitative estimate of drug-likeness (QED) is 0.661. The Bertz CT molecular complexity index is 706. The Morgan fingerprint density at radius 3 is 2.65 bits per heavy atom. The van der Waals surface area contributed by atoms with E-state index >= 15 is 0 Å². The lowest BCUT2D eigenvalue weighted by Crippen LogP contribution is -2.51. The van der Waals surface area contributed by atoms with Gasteiger partial charge in [0.25, 0.3) is 0 Å². The van der Waals surface area contributed by atoms with E-state index in [0.717, 1.165) is 36.0 Å². The number of aromatic nitrogens is 2. The fourth-order valence-electron chi connectivity index (χ4n) is 7.40. The molecule has 0 aromatic carbocycles. The van der Waals surface area contributed by atoms with E-state index in [2.05, 4.69) is 37.2 Å². The summed E-state index contributed by atoms with van der Waals surface area (Å²) in [4.78, 5) is 16.2. The first kappa shape index (κ1) is 18.0. The summed E-state index contributed by atoms with van der Waals surface area (Å²) in [6, 6.07) is 0. The molecular weight excluding hydrogens is 320 g/mol. The molecule has 0 amide bonds. The van der Waals surface area contributed by atoms with Gasteiger partial charge in [0.1, 0.15) is 6.29 Å². The summed E-state index contributed by atoms with van der Waals surface area (Å²) >= 11 is 0. The van der Waals surface area contributed by atoms with Crippen LogP contribution >= 0.6 is 0 Å². The van der Waals surface area contributed by atoms with E-state index in [9.17, 15) is 4.79 Å². The van der Waals surface area contributed by atoms with Gasteiger partial charge in [0.05, 0.1) is 6.33 Å². The van der Waals surface area contributed by atoms with Gasteiger partial charge in [-0.15, -0.1) is 0 Å². The molecule has 0 saturated heterocycles. The fraction of sp³-hybridized carbons (Fsp3) is 0.739. The Morgan fingerprint density at radius 2 is 2.04 bits per heavy atom. The lowest BCUT2D eigenvalue weighted by atomic mass is 9.46. The fourth-order valence-corrected chi connectivity index (χ4v) is 7.40. The van der Waals surface area contributed by atoms with Crippen molar-refractivity contribution < 1.29 is 4.79 Å². The standard InChI is InChI=1S/C23H34N2O/c1-5-17-7-8-18-19(22(17,3)6-2)9-10-23(4)20(18)13-16(14-26)21(23)25-12-11-24-15-25/h11-12,14-15,17-20H,5-10,13H2,1-4H3/t17-,18-,19+,20+,22+,23+/m1/s1. The lowest BCUT2D eigenvalue weighted by Gasteiger charge is -2.58. The molecule has 3 aliphatic rings. The zero-order valence-electron chi connectivity index (χ0n) is 16.9. The number of carbonyl (C=O) groups is 1. The second-order valence-corrected chi connectivity index (χ2v) is 9.54. The topological polar surface area (TPSA) is 34.9 Å². The van der Waals surface area contributed by atoms with Gasteiger partial charge < -0.3 is 4.57 Å². The van der Waals surface area contributed by atoms with Crippen LogP contribution in [-0.4, -0.2) is 15.8 Å². The Balaban J connectivity index is 1.72. The Labute approximate surface area is 158 Å². The van der Waals surface area contributed by atoms with Crippen molar-refractivity contribution in [2.24, 2.45) is 34.5 Å². The number of hydrogen-bond acceptors (Lipinski definition) is 2.